The summed E-state index contributed by atoms with van der Waals surface area (Å²) in [4.78, 5) is 36.5. The summed E-state index contributed by atoms with van der Waals surface area (Å²) in [6.07, 6.45) is 8.65. The van der Waals surface area contributed by atoms with Crippen molar-refractivity contribution < 1.29 is 28.6 Å². The zero-order valence-corrected chi connectivity index (χ0v) is 24.0. The predicted molar refractivity (Wildman–Crippen MR) is 152 cm³/mol. The number of hydrogen-bond donors (Lipinski definition) is 2. The van der Waals surface area contributed by atoms with Gasteiger partial charge in [0.2, 0.25) is 0 Å². The molecule has 1 unspecified atom stereocenters. The van der Waals surface area contributed by atoms with Gasteiger partial charge in [-0.1, -0.05) is 6.92 Å². The highest BCUT2D eigenvalue weighted by Crippen LogP contribution is 2.54. The minimum Gasteiger partial charge on any atom is -0.472 e. The van der Waals surface area contributed by atoms with E-state index in [1.165, 1.54) is 12.3 Å². The lowest BCUT2D eigenvalue weighted by atomic mass is 9.76. The number of allylic oxidation sites excluding steroid dienone is 1. The number of piperidine rings is 1. The smallest absolute Gasteiger partial charge is 0.270 e. The van der Waals surface area contributed by atoms with E-state index in [9.17, 15) is 14.0 Å². The standard InChI is InChI=1S/C31H43FN4O5/c1-19-15-24(41-30-26(32)3-2-10-34-30)7-5-20(19)4-6-22(38)18-35-27-17-21-16-25(21)28(27)29(33)31(39)36-11-8-23(9-12-36)40-14-13-37/h2-3,10,19-21,23-25,37H,4-9,11-18,33H2,1H3/t19-,20?,21-,24-,25-/m1/s1. The van der Waals surface area contributed by atoms with Crippen molar-refractivity contribution in [3.63, 3.8) is 0 Å². The van der Waals surface area contributed by atoms with E-state index in [0.717, 1.165) is 62.7 Å². The summed E-state index contributed by atoms with van der Waals surface area (Å²) in [6, 6.07) is 2.90. The van der Waals surface area contributed by atoms with Gasteiger partial charge in [0.05, 0.1) is 25.9 Å². The summed E-state index contributed by atoms with van der Waals surface area (Å²) in [5.41, 5.74) is 8.43. The average Bonchev–Trinajstić information content (AvgIpc) is 3.64. The Labute approximate surface area is 241 Å². The SMILES string of the molecule is C[C@@H]1C[C@H](Oc2ncccc2F)CCC1CCC(=O)CN=C1C[C@H]2C[C@H]2C1=C(N)C(=O)N1CCC(OCCO)CC1. The van der Waals surface area contributed by atoms with Gasteiger partial charge in [0, 0.05) is 37.0 Å². The van der Waals surface area contributed by atoms with E-state index in [1.54, 1.807) is 11.0 Å². The number of aliphatic hydroxyl groups is 1. The van der Waals surface area contributed by atoms with Crippen LogP contribution in [0.4, 0.5) is 4.39 Å². The lowest BCUT2D eigenvalue weighted by Gasteiger charge is -2.34. The number of nitrogens with two attached hydrogens (primary N) is 1. The van der Waals surface area contributed by atoms with Gasteiger partial charge in [0.15, 0.2) is 11.6 Å². The van der Waals surface area contributed by atoms with Crippen molar-refractivity contribution in [3.05, 3.63) is 35.4 Å². The molecule has 3 saturated carbocycles. The lowest BCUT2D eigenvalue weighted by Crippen LogP contribution is -2.43. The maximum Gasteiger partial charge on any atom is 0.270 e. The van der Waals surface area contributed by atoms with Crippen LogP contribution in [-0.4, -0.2) is 77.4 Å². The number of Topliss-reactive ketones (excluding diaryl/α,β-unsaturated/α-hetero) is 1. The molecule has 41 heavy (non-hydrogen) atoms. The first kappa shape index (κ1) is 29.6. The van der Waals surface area contributed by atoms with Crippen molar-refractivity contribution in [1.82, 2.24) is 9.88 Å². The zero-order chi connectivity index (χ0) is 28.9. The van der Waals surface area contributed by atoms with Crippen molar-refractivity contribution in [2.24, 2.45) is 34.4 Å². The summed E-state index contributed by atoms with van der Waals surface area (Å²) >= 11 is 0. The van der Waals surface area contributed by atoms with Gasteiger partial charge in [-0.25, -0.2) is 9.37 Å². The second kappa shape index (κ2) is 13.4. The number of likely N-dealkylation sites (tertiary alicyclic amines) is 1. The number of halogens is 1. The Bertz CT molecular complexity index is 1160. The number of ketones is 1. The van der Waals surface area contributed by atoms with Gasteiger partial charge in [-0.2, -0.15) is 0 Å². The highest BCUT2D eigenvalue weighted by molar-refractivity contribution is 6.11. The molecule has 3 N–H and O–H groups in total. The quantitative estimate of drug-likeness (QED) is 0.390. The molecule has 4 aliphatic rings. The van der Waals surface area contributed by atoms with Crippen molar-refractivity contribution >= 4 is 17.4 Å². The van der Waals surface area contributed by atoms with Gasteiger partial charge in [0.1, 0.15) is 11.8 Å². The Kier molecular flexibility index (Phi) is 9.70. The second-order valence-electron chi connectivity index (χ2n) is 12.1. The largest absolute Gasteiger partial charge is 0.472 e. The van der Waals surface area contributed by atoms with Crippen LogP contribution in [0.25, 0.3) is 0 Å². The Morgan fingerprint density at radius 1 is 1.20 bits per heavy atom. The Hall–Kier alpha value is -2.85. The van der Waals surface area contributed by atoms with E-state index < -0.39 is 5.82 Å². The Morgan fingerprint density at radius 2 is 2.00 bits per heavy atom. The van der Waals surface area contributed by atoms with Gasteiger partial charge in [-0.15, -0.1) is 0 Å². The third-order valence-electron chi connectivity index (χ3n) is 9.30. The number of aromatic nitrogens is 1. The first-order valence-electron chi connectivity index (χ1n) is 15.2. The Balaban J connectivity index is 1.09. The normalized spacial score (nSPS) is 30.3. The van der Waals surface area contributed by atoms with Crippen LogP contribution in [0.3, 0.4) is 0 Å². The van der Waals surface area contributed by atoms with Crippen molar-refractivity contribution in [2.45, 2.75) is 76.9 Å². The number of pyridine rings is 1. The van der Waals surface area contributed by atoms with E-state index in [0.29, 0.717) is 43.9 Å². The molecule has 4 fully saturated rings. The molecule has 10 heteroatoms. The molecule has 1 aromatic heterocycles. The van der Waals surface area contributed by atoms with Gasteiger partial charge >= 0.3 is 0 Å². The predicted octanol–water partition coefficient (Wildman–Crippen LogP) is 3.45. The minimum absolute atomic E-state index is 0.00252. The van der Waals surface area contributed by atoms with E-state index in [4.69, 9.17) is 20.3 Å². The van der Waals surface area contributed by atoms with Crippen LogP contribution in [0.15, 0.2) is 34.6 Å². The van der Waals surface area contributed by atoms with Crippen LogP contribution >= 0.6 is 0 Å². The summed E-state index contributed by atoms with van der Waals surface area (Å²) < 4.78 is 25.3. The fourth-order valence-electron chi connectivity index (χ4n) is 6.80. The fourth-order valence-corrected chi connectivity index (χ4v) is 6.80. The van der Waals surface area contributed by atoms with E-state index in [2.05, 4.69) is 16.9 Å². The third-order valence-corrected chi connectivity index (χ3v) is 9.30. The number of rotatable bonds is 11. The van der Waals surface area contributed by atoms with E-state index in [1.807, 2.05) is 0 Å². The van der Waals surface area contributed by atoms with Crippen molar-refractivity contribution in [2.75, 3.05) is 32.8 Å². The van der Waals surface area contributed by atoms with Gasteiger partial charge in [-0.3, -0.25) is 14.6 Å². The molecular formula is C31H43FN4O5. The molecule has 5 atom stereocenters. The average molecular weight is 571 g/mol. The Morgan fingerprint density at radius 3 is 2.73 bits per heavy atom. The van der Waals surface area contributed by atoms with Crippen molar-refractivity contribution in [3.8, 4) is 5.88 Å². The first-order chi connectivity index (χ1) is 19.8. The molecule has 1 amide bonds. The number of carbonyl (C=O) groups is 2. The molecule has 1 aliphatic heterocycles. The number of hydrogen-bond acceptors (Lipinski definition) is 8. The lowest BCUT2D eigenvalue weighted by molar-refractivity contribution is -0.130. The number of ether oxygens (including phenoxy) is 2. The molecule has 0 spiro atoms. The van der Waals surface area contributed by atoms with Gasteiger partial charge in [-0.05, 0) is 87.2 Å². The number of nitrogens with zero attached hydrogens (tertiary/aromatic N) is 3. The highest BCUT2D eigenvalue weighted by Gasteiger charge is 2.50. The molecule has 5 rings (SSSR count). The van der Waals surface area contributed by atoms with Crippen LogP contribution in [-0.2, 0) is 14.3 Å². The van der Waals surface area contributed by atoms with Gasteiger partial charge in [0.25, 0.3) is 11.8 Å². The maximum atomic E-state index is 13.9. The van der Waals surface area contributed by atoms with Crippen LogP contribution in [0.1, 0.15) is 64.7 Å². The van der Waals surface area contributed by atoms with Crippen LogP contribution < -0.4 is 10.5 Å². The number of aliphatic hydroxyl groups excluding tert-OH is 1. The molecule has 0 bridgehead atoms. The summed E-state index contributed by atoms with van der Waals surface area (Å²) in [5, 5.41) is 8.96. The van der Waals surface area contributed by atoms with Gasteiger partial charge < -0.3 is 25.2 Å². The van der Waals surface area contributed by atoms with Crippen molar-refractivity contribution in [1.29, 1.82) is 0 Å². The fraction of sp³-hybridized carbons (Fsp3) is 0.677. The summed E-state index contributed by atoms with van der Waals surface area (Å²) in [7, 11) is 0. The van der Waals surface area contributed by atoms with Crippen LogP contribution in [0.2, 0.25) is 0 Å². The number of amides is 1. The number of aliphatic imine (C=N–C) groups is 1. The number of fused-ring (bicyclic) bond motifs is 1. The molecule has 1 aromatic rings. The van der Waals surface area contributed by atoms with Crippen LogP contribution in [0.5, 0.6) is 5.88 Å². The molecule has 0 radical (unpaired) electrons. The zero-order valence-electron chi connectivity index (χ0n) is 24.0. The minimum atomic E-state index is -0.441. The molecular weight excluding hydrogens is 527 g/mol. The van der Waals surface area contributed by atoms with E-state index >= 15 is 0 Å². The monoisotopic (exact) mass is 570 g/mol. The number of carbonyl (C=O) groups excluding carboxylic acids is 2. The third kappa shape index (κ3) is 7.33. The molecule has 9 nitrogen and oxygen atoms in total. The molecule has 1 saturated heterocycles. The summed E-state index contributed by atoms with van der Waals surface area (Å²) in [6.45, 7) is 3.77. The maximum absolute atomic E-state index is 13.9. The second-order valence-corrected chi connectivity index (χ2v) is 12.1. The van der Waals surface area contributed by atoms with Crippen LogP contribution in [0, 0.1) is 29.5 Å². The molecule has 3 aliphatic carbocycles. The van der Waals surface area contributed by atoms with E-state index in [-0.39, 0.29) is 54.5 Å². The first-order valence-corrected chi connectivity index (χ1v) is 15.2. The summed E-state index contributed by atoms with van der Waals surface area (Å²) in [5.74, 6) is 1.14. The highest BCUT2D eigenvalue weighted by atomic mass is 19.1. The molecule has 224 valence electrons. The molecule has 0 aromatic carbocycles. The topological polar surface area (TPSA) is 127 Å². The molecule has 2 heterocycles.